The van der Waals surface area contributed by atoms with Crippen LogP contribution in [-0.2, 0) is 0 Å². The van der Waals surface area contributed by atoms with Gasteiger partial charge >= 0.3 is 0 Å². The second-order valence-corrected chi connectivity index (χ2v) is 1.50. The molecule has 0 aliphatic rings. The normalized spacial score (nSPS) is 7.20. The molecule has 0 nitrogen and oxygen atoms in total. The van der Waals surface area contributed by atoms with E-state index in [0.29, 0.717) is 0 Å². The van der Waals surface area contributed by atoms with E-state index in [9.17, 15) is 0 Å². The first-order valence-corrected chi connectivity index (χ1v) is 1.50. The maximum absolute atomic E-state index is 2.08. The summed E-state index contributed by atoms with van der Waals surface area (Å²) in [6.45, 7) is 6.25. The van der Waals surface area contributed by atoms with Gasteiger partial charge in [0.1, 0.15) is 0 Å². The van der Waals surface area contributed by atoms with Crippen molar-refractivity contribution in [2.75, 3.05) is 0 Å². The summed E-state index contributed by atoms with van der Waals surface area (Å²) in [5, 5.41) is 0. The minimum Gasteiger partial charge on any atom is -0.0683 e. The van der Waals surface area contributed by atoms with Crippen molar-refractivity contribution in [3.05, 3.63) is 13.3 Å². The summed E-state index contributed by atoms with van der Waals surface area (Å²) < 4.78 is 0. The molecular weight excluding hydrogens is 60.1 g/mol. The first kappa shape index (κ1) is 8.89. The molecule has 0 saturated carbocycles. The Morgan fingerprint density at radius 3 is 1.00 bits per heavy atom. The fraction of sp³-hybridized carbons (Fsp3) is 0.600. The van der Waals surface area contributed by atoms with Crippen LogP contribution in [0.2, 0.25) is 0 Å². The first-order chi connectivity index (χ1) is 1.73. The van der Waals surface area contributed by atoms with Gasteiger partial charge in [0.05, 0.1) is 0 Å². The standard InChI is InChI=1S/C4H9.CH3/c1-4(2)3;/h1-3H3;1H3. The Morgan fingerprint density at radius 2 is 1.00 bits per heavy atom. The molecule has 0 heterocycles. The summed E-state index contributed by atoms with van der Waals surface area (Å²) in [5.41, 5.74) is 0. The van der Waals surface area contributed by atoms with Crippen LogP contribution < -0.4 is 0 Å². The lowest BCUT2D eigenvalue weighted by atomic mass is 10.3. The molecule has 0 heteroatoms. The van der Waals surface area contributed by atoms with Gasteiger partial charge in [-0.25, -0.2) is 0 Å². The van der Waals surface area contributed by atoms with Gasteiger partial charge in [0, 0.05) is 0 Å². The van der Waals surface area contributed by atoms with Crippen molar-refractivity contribution in [3.8, 4) is 0 Å². The summed E-state index contributed by atoms with van der Waals surface area (Å²) in [6, 6.07) is 0. The third kappa shape index (κ3) is 0. The van der Waals surface area contributed by atoms with Crippen LogP contribution in [0.4, 0.5) is 0 Å². The molecule has 0 fully saturated rings. The third-order valence-electron chi connectivity index (χ3n) is 0. The quantitative estimate of drug-likeness (QED) is 0.411. The number of hydrogen-bond donors (Lipinski definition) is 0. The lowest BCUT2D eigenvalue weighted by molar-refractivity contribution is 1.10. The molecule has 0 aromatic heterocycles. The van der Waals surface area contributed by atoms with E-state index in [0.717, 1.165) is 0 Å². The zero-order valence-electron chi connectivity index (χ0n) is 4.50. The SMILES string of the molecule is C[C](C)C.[CH3]. The van der Waals surface area contributed by atoms with Gasteiger partial charge in [0.25, 0.3) is 0 Å². The highest BCUT2D eigenvalue weighted by Crippen LogP contribution is 1.85. The fourth-order valence-electron chi connectivity index (χ4n) is 0. The van der Waals surface area contributed by atoms with Gasteiger partial charge in [0.2, 0.25) is 0 Å². The van der Waals surface area contributed by atoms with Crippen LogP contribution in [0.3, 0.4) is 0 Å². The van der Waals surface area contributed by atoms with E-state index in [1.807, 2.05) is 0 Å². The molecule has 0 saturated heterocycles. The number of hydrogen-bond acceptors (Lipinski definition) is 0. The van der Waals surface area contributed by atoms with Gasteiger partial charge in [-0.1, -0.05) is 28.2 Å². The molecular formula is C5H12. The van der Waals surface area contributed by atoms with E-state index in [2.05, 4.69) is 20.8 Å². The maximum atomic E-state index is 2.08. The topological polar surface area (TPSA) is 0 Å². The molecule has 0 N–H and O–H groups in total. The van der Waals surface area contributed by atoms with E-state index >= 15 is 0 Å². The lowest BCUT2D eigenvalue weighted by Crippen LogP contribution is -1.62. The Labute approximate surface area is 35.2 Å². The Bertz CT molecular complexity index is 4.75. The zero-order chi connectivity index (χ0) is 3.58. The Hall–Kier alpha value is 0. The van der Waals surface area contributed by atoms with Crippen LogP contribution in [0.15, 0.2) is 0 Å². The molecule has 0 unspecified atom stereocenters. The highest BCUT2D eigenvalue weighted by molar-refractivity contribution is 4.64. The van der Waals surface area contributed by atoms with Crippen LogP contribution in [-0.4, -0.2) is 0 Å². The van der Waals surface area contributed by atoms with Crippen LogP contribution in [0.5, 0.6) is 0 Å². The van der Waals surface area contributed by atoms with Crippen molar-refractivity contribution in [2.45, 2.75) is 20.8 Å². The Kier molecular flexibility index (Phi) is 7.11. The molecule has 32 valence electrons. The summed E-state index contributed by atoms with van der Waals surface area (Å²) in [4.78, 5) is 0. The minimum atomic E-state index is 0. The molecule has 0 amide bonds. The Morgan fingerprint density at radius 1 is 1.00 bits per heavy atom. The molecule has 0 aromatic carbocycles. The van der Waals surface area contributed by atoms with Crippen molar-refractivity contribution < 1.29 is 0 Å². The van der Waals surface area contributed by atoms with Crippen LogP contribution in [0.25, 0.3) is 0 Å². The molecule has 5 heavy (non-hydrogen) atoms. The predicted octanol–water partition coefficient (Wildman–Crippen LogP) is 2.07. The van der Waals surface area contributed by atoms with E-state index in [4.69, 9.17) is 0 Å². The first-order valence-electron chi connectivity index (χ1n) is 1.50. The van der Waals surface area contributed by atoms with Crippen LogP contribution >= 0.6 is 0 Å². The van der Waals surface area contributed by atoms with Crippen molar-refractivity contribution >= 4 is 0 Å². The van der Waals surface area contributed by atoms with E-state index in [1.165, 1.54) is 5.92 Å². The molecule has 2 radical (unpaired) electrons. The molecule has 0 aliphatic heterocycles. The van der Waals surface area contributed by atoms with Gasteiger partial charge in [0.15, 0.2) is 0 Å². The van der Waals surface area contributed by atoms with Crippen molar-refractivity contribution in [1.29, 1.82) is 0 Å². The lowest BCUT2D eigenvalue weighted by Gasteiger charge is -1.78. The third-order valence-corrected chi connectivity index (χ3v) is 0. The van der Waals surface area contributed by atoms with Gasteiger partial charge in [-0.05, 0) is 5.92 Å². The van der Waals surface area contributed by atoms with Crippen molar-refractivity contribution in [1.82, 2.24) is 0 Å². The van der Waals surface area contributed by atoms with Crippen LogP contribution in [0.1, 0.15) is 20.8 Å². The fourth-order valence-corrected chi connectivity index (χ4v) is 0. The highest BCUT2D eigenvalue weighted by Gasteiger charge is 1.69. The number of rotatable bonds is 0. The molecule has 0 bridgehead atoms. The van der Waals surface area contributed by atoms with Crippen molar-refractivity contribution in [3.63, 3.8) is 0 Å². The van der Waals surface area contributed by atoms with Gasteiger partial charge < -0.3 is 0 Å². The van der Waals surface area contributed by atoms with Gasteiger partial charge in [-0.3, -0.25) is 0 Å². The van der Waals surface area contributed by atoms with Gasteiger partial charge in [-0.2, -0.15) is 0 Å². The average molecular weight is 72.2 g/mol. The summed E-state index contributed by atoms with van der Waals surface area (Å²) in [6.07, 6.45) is 0. The maximum Gasteiger partial charge on any atom is -0.0334 e. The minimum absolute atomic E-state index is 0. The average Bonchev–Trinajstić information content (AvgIpc) is 0.811. The largest absolute Gasteiger partial charge is 0.0683 e. The summed E-state index contributed by atoms with van der Waals surface area (Å²) in [7, 11) is 0. The summed E-state index contributed by atoms with van der Waals surface area (Å²) in [5.74, 6) is 1.42. The second kappa shape index (κ2) is 4.00. The van der Waals surface area contributed by atoms with E-state index in [-0.39, 0.29) is 7.43 Å². The van der Waals surface area contributed by atoms with Crippen molar-refractivity contribution in [2.24, 2.45) is 0 Å². The Balaban J connectivity index is 0. The van der Waals surface area contributed by atoms with E-state index < -0.39 is 0 Å². The second-order valence-electron chi connectivity index (χ2n) is 1.50. The van der Waals surface area contributed by atoms with E-state index in [1.54, 1.807) is 0 Å². The molecule has 0 aromatic rings. The molecule has 0 spiro atoms. The molecule has 0 aliphatic carbocycles. The monoisotopic (exact) mass is 72.1 g/mol. The zero-order valence-corrected chi connectivity index (χ0v) is 4.50. The van der Waals surface area contributed by atoms with Gasteiger partial charge in [-0.15, -0.1) is 0 Å². The smallest absolute Gasteiger partial charge is 0.0334 e. The summed E-state index contributed by atoms with van der Waals surface area (Å²) >= 11 is 0. The molecule has 0 rings (SSSR count). The highest BCUT2D eigenvalue weighted by atomic mass is 13.7. The predicted molar refractivity (Wildman–Crippen MR) is 26.7 cm³/mol. The van der Waals surface area contributed by atoms with Crippen LogP contribution in [0, 0.1) is 13.3 Å². The molecule has 0 atom stereocenters.